The molecule has 28 heavy (non-hydrogen) atoms. The first kappa shape index (κ1) is 18.2. The molecule has 3 aromatic rings. The second-order valence-electron chi connectivity index (χ2n) is 6.79. The topological polar surface area (TPSA) is 59.4 Å². The number of nitrogens with zero attached hydrogens (tertiary/aromatic N) is 3. The van der Waals surface area contributed by atoms with Crippen molar-refractivity contribution in [3.05, 3.63) is 60.2 Å². The van der Waals surface area contributed by atoms with Gasteiger partial charge in [0.2, 0.25) is 0 Å². The van der Waals surface area contributed by atoms with E-state index in [9.17, 15) is 0 Å². The molecule has 0 radical (unpaired) electrons. The van der Waals surface area contributed by atoms with Crippen LogP contribution in [0.1, 0.15) is 27.2 Å². The highest BCUT2D eigenvalue weighted by atomic mass is 16.5. The quantitative estimate of drug-likeness (QED) is 0.665. The standard InChI is InChI=1S/C23H24N4O/c1-4-18-15(3)14-21(24-18)26-22-16-10-6-8-12-19(16)25-23(27-22)17-11-7-9-13-20(17)28-5-2/h6-14,18H,4-5H2,1-3H3,(H,24,25,26,27). The van der Waals surface area contributed by atoms with E-state index in [1.807, 2.05) is 55.5 Å². The third kappa shape index (κ3) is 3.48. The van der Waals surface area contributed by atoms with E-state index in [-0.39, 0.29) is 6.04 Å². The summed E-state index contributed by atoms with van der Waals surface area (Å²) < 4.78 is 5.79. The van der Waals surface area contributed by atoms with Crippen LogP contribution in [-0.2, 0) is 0 Å². The fraction of sp³-hybridized carbons (Fsp3) is 0.261. The van der Waals surface area contributed by atoms with Gasteiger partial charge in [0.15, 0.2) is 5.82 Å². The zero-order valence-corrected chi connectivity index (χ0v) is 16.4. The minimum absolute atomic E-state index is 0.244. The van der Waals surface area contributed by atoms with Crippen molar-refractivity contribution in [3.8, 4) is 17.1 Å². The number of hydrogen-bond donors (Lipinski definition) is 1. The van der Waals surface area contributed by atoms with Gasteiger partial charge >= 0.3 is 0 Å². The van der Waals surface area contributed by atoms with Crippen LogP contribution in [-0.4, -0.2) is 28.5 Å². The van der Waals surface area contributed by atoms with Crippen molar-refractivity contribution in [2.24, 2.45) is 4.99 Å². The Kier molecular flexibility index (Phi) is 5.06. The summed E-state index contributed by atoms with van der Waals surface area (Å²) in [5.41, 5.74) is 3.03. The van der Waals surface area contributed by atoms with Gasteiger partial charge in [0.05, 0.1) is 23.7 Å². The minimum atomic E-state index is 0.244. The van der Waals surface area contributed by atoms with Crippen LogP contribution in [0, 0.1) is 0 Å². The molecule has 1 unspecified atom stereocenters. The molecule has 0 aliphatic carbocycles. The molecule has 1 aromatic heterocycles. The Labute approximate surface area is 165 Å². The molecule has 1 aliphatic rings. The minimum Gasteiger partial charge on any atom is -0.493 e. The number of nitrogens with one attached hydrogen (secondary N) is 1. The van der Waals surface area contributed by atoms with Gasteiger partial charge in [-0.2, -0.15) is 0 Å². The van der Waals surface area contributed by atoms with Gasteiger partial charge in [0, 0.05) is 5.39 Å². The van der Waals surface area contributed by atoms with Crippen molar-refractivity contribution in [2.45, 2.75) is 33.2 Å². The molecule has 1 aliphatic heterocycles. The fourth-order valence-electron chi connectivity index (χ4n) is 3.45. The Morgan fingerprint density at radius 2 is 1.79 bits per heavy atom. The van der Waals surface area contributed by atoms with E-state index >= 15 is 0 Å². The van der Waals surface area contributed by atoms with Crippen molar-refractivity contribution in [1.82, 2.24) is 9.97 Å². The monoisotopic (exact) mass is 372 g/mol. The third-order valence-corrected chi connectivity index (χ3v) is 4.85. The van der Waals surface area contributed by atoms with Crippen molar-refractivity contribution in [1.29, 1.82) is 0 Å². The van der Waals surface area contributed by atoms with Crippen molar-refractivity contribution in [3.63, 3.8) is 0 Å². The lowest BCUT2D eigenvalue weighted by Gasteiger charge is -2.13. The first-order chi connectivity index (χ1) is 13.7. The molecule has 0 saturated carbocycles. The third-order valence-electron chi connectivity index (χ3n) is 4.85. The maximum Gasteiger partial charge on any atom is 0.165 e. The number of anilines is 1. The molecule has 1 atom stereocenters. The number of aliphatic imine (C=N–C) groups is 1. The number of hydrogen-bond acceptors (Lipinski definition) is 5. The van der Waals surface area contributed by atoms with Crippen LogP contribution < -0.4 is 10.1 Å². The van der Waals surface area contributed by atoms with Crippen LogP contribution in [0.2, 0.25) is 0 Å². The van der Waals surface area contributed by atoms with Crippen LogP contribution in [0.15, 0.2) is 65.2 Å². The van der Waals surface area contributed by atoms with E-state index < -0.39 is 0 Å². The summed E-state index contributed by atoms with van der Waals surface area (Å²) in [6, 6.07) is 16.1. The average Bonchev–Trinajstić information content (AvgIpc) is 3.07. The molecule has 0 fully saturated rings. The summed E-state index contributed by atoms with van der Waals surface area (Å²) in [5.74, 6) is 3.02. The first-order valence-electron chi connectivity index (χ1n) is 9.71. The lowest BCUT2D eigenvalue weighted by atomic mass is 10.1. The summed E-state index contributed by atoms with van der Waals surface area (Å²) >= 11 is 0. The van der Waals surface area contributed by atoms with E-state index in [2.05, 4.69) is 25.2 Å². The van der Waals surface area contributed by atoms with Crippen LogP contribution in [0.3, 0.4) is 0 Å². The molecule has 0 spiro atoms. The van der Waals surface area contributed by atoms with E-state index in [1.165, 1.54) is 5.57 Å². The second-order valence-corrected chi connectivity index (χ2v) is 6.79. The summed E-state index contributed by atoms with van der Waals surface area (Å²) in [5, 5.41) is 4.39. The summed E-state index contributed by atoms with van der Waals surface area (Å²) in [6.45, 7) is 6.84. The smallest absolute Gasteiger partial charge is 0.165 e. The van der Waals surface area contributed by atoms with Gasteiger partial charge in [0.25, 0.3) is 0 Å². The van der Waals surface area contributed by atoms with Gasteiger partial charge < -0.3 is 10.1 Å². The lowest BCUT2D eigenvalue weighted by molar-refractivity contribution is 0.341. The van der Waals surface area contributed by atoms with Crippen LogP contribution in [0.4, 0.5) is 5.82 Å². The molecular formula is C23H24N4O. The van der Waals surface area contributed by atoms with Gasteiger partial charge in [-0.15, -0.1) is 0 Å². The van der Waals surface area contributed by atoms with Gasteiger partial charge in [-0.05, 0) is 56.2 Å². The Morgan fingerprint density at radius 3 is 2.57 bits per heavy atom. The summed E-state index contributed by atoms with van der Waals surface area (Å²) in [7, 11) is 0. The molecule has 0 saturated heterocycles. The predicted octanol–water partition coefficient (Wildman–Crippen LogP) is 5.24. The SMILES string of the molecule is CCOc1ccccc1-c1nc(NC2=NC(CC)C(C)=C2)c2ccccc2n1. The van der Waals surface area contributed by atoms with Crippen molar-refractivity contribution >= 4 is 22.6 Å². The molecule has 142 valence electrons. The van der Waals surface area contributed by atoms with Crippen LogP contribution in [0.5, 0.6) is 5.75 Å². The normalized spacial score (nSPS) is 16.0. The van der Waals surface area contributed by atoms with Crippen molar-refractivity contribution < 1.29 is 4.74 Å². The Bertz CT molecular complexity index is 1070. The molecule has 5 heteroatoms. The molecule has 5 nitrogen and oxygen atoms in total. The molecule has 1 N–H and O–H groups in total. The second kappa shape index (κ2) is 7.80. The van der Waals surface area contributed by atoms with Gasteiger partial charge in [-0.1, -0.05) is 31.2 Å². The molecule has 0 bridgehead atoms. The van der Waals surface area contributed by atoms with E-state index in [0.29, 0.717) is 12.4 Å². The Balaban J connectivity index is 1.81. The fourth-order valence-corrected chi connectivity index (χ4v) is 3.45. The maximum absolute atomic E-state index is 5.79. The average molecular weight is 372 g/mol. The molecule has 4 rings (SSSR count). The largest absolute Gasteiger partial charge is 0.493 e. The van der Waals surface area contributed by atoms with Gasteiger partial charge in [-0.3, -0.25) is 4.99 Å². The Morgan fingerprint density at radius 1 is 1.00 bits per heavy atom. The lowest BCUT2D eigenvalue weighted by Crippen LogP contribution is -2.11. The number of para-hydroxylation sites is 2. The zero-order valence-electron chi connectivity index (χ0n) is 16.4. The van der Waals surface area contributed by atoms with Gasteiger partial charge in [-0.25, -0.2) is 9.97 Å². The van der Waals surface area contributed by atoms with E-state index in [4.69, 9.17) is 19.7 Å². The molecule has 2 heterocycles. The highest BCUT2D eigenvalue weighted by Crippen LogP contribution is 2.31. The highest BCUT2D eigenvalue weighted by molar-refractivity contribution is 6.09. The van der Waals surface area contributed by atoms with Crippen LogP contribution in [0.25, 0.3) is 22.3 Å². The van der Waals surface area contributed by atoms with Crippen molar-refractivity contribution in [2.75, 3.05) is 11.9 Å². The number of benzene rings is 2. The number of ether oxygens (including phenoxy) is 1. The number of aromatic nitrogens is 2. The van der Waals surface area contributed by atoms with Crippen LogP contribution >= 0.6 is 0 Å². The van der Waals surface area contributed by atoms with E-state index in [1.54, 1.807) is 0 Å². The molecule has 2 aromatic carbocycles. The summed E-state index contributed by atoms with van der Waals surface area (Å²) in [4.78, 5) is 14.4. The summed E-state index contributed by atoms with van der Waals surface area (Å²) in [6.07, 6.45) is 3.09. The van der Waals surface area contributed by atoms with Gasteiger partial charge in [0.1, 0.15) is 17.4 Å². The maximum atomic E-state index is 5.79. The predicted molar refractivity (Wildman–Crippen MR) is 115 cm³/mol. The molecular weight excluding hydrogens is 348 g/mol. The first-order valence-corrected chi connectivity index (χ1v) is 9.71. The molecule has 0 amide bonds. The number of fused-ring (bicyclic) bond motifs is 1. The number of rotatable bonds is 5. The Hall–Kier alpha value is -3.21. The number of amidine groups is 1. The van der Waals surface area contributed by atoms with E-state index in [0.717, 1.165) is 40.3 Å². The highest BCUT2D eigenvalue weighted by Gasteiger charge is 2.18. The zero-order chi connectivity index (χ0) is 19.5.